The summed E-state index contributed by atoms with van der Waals surface area (Å²) in [6, 6.07) is 12.2. The second kappa shape index (κ2) is 9.79. The first-order chi connectivity index (χ1) is 16.6. The summed E-state index contributed by atoms with van der Waals surface area (Å²) < 4.78 is 6.94. The van der Waals surface area contributed by atoms with Gasteiger partial charge in [-0.3, -0.25) is 14.4 Å². The molecule has 176 valence electrons. The fraction of sp³-hybridized carbons (Fsp3) is 0.346. The third kappa shape index (κ3) is 4.88. The van der Waals surface area contributed by atoms with E-state index in [-0.39, 0.29) is 5.91 Å². The standard InChI is InChI=1S/C26H30N6O2/c1-18-4-3-9-31(18)17-23-12-21-14-27-25(13-24(21)29-23)30-26(33)20-7-5-19(6-8-20)22-15-28-32(16-22)10-11-34-2/h5-8,12-16,18,29H,3-4,9-11,17H2,1-2H3,(H,27,30,33)/t18-/m0/s1. The van der Waals surface area contributed by atoms with E-state index in [4.69, 9.17) is 4.74 Å². The average Bonchev–Trinajstić information content (AvgIpc) is 3.58. The predicted molar refractivity (Wildman–Crippen MR) is 133 cm³/mol. The number of H-pyrrole nitrogens is 1. The molecule has 1 saturated heterocycles. The predicted octanol–water partition coefficient (Wildman–Crippen LogP) is 4.31. The van der Waals surface area contributed by atoms with Crippen LogP contribution in [0.4, 0.5) is 5.82 Å². The van der Waals surface area contributed by atoms with Gasteiger partial charge in [0.2, 0.25) is 0 Å². The summed E-state index contributed by atoms with van der Waals surface area (Å²) in [5.74, 6) is 0.343. The molecule has 4 aromatic rings. The number of rotatable bonds is 8. The van der Waals surface area contributed by atoms with E-state index in [0.717, 1.165) is 35.1 Å². The van der Waals surface area contributed by atoms with Crippen LogP contribution in [0.1, 0.15) is 35.8 Å². The highest BCUT2D eigenvalue weighted by atomic mass is 16.5. The molecule has 0 radical (unpaired) electrons. The fourth-order valence-corrected chi connectivity index (χ4v) is 4.51. The van der Waals surface area contributed by atoms with Crippen molar-refractivity contribution >= 4 is 22.6 Å². The number of nitrogens with one attached hydrogen (secondary N) is 2. The van der Waals surface area contributed by atoms with E-state index in [1.807, 2.05) is 53.6 Å². The van der Waals surface area contributed by atoms with Crippen LogP contribution in [0.5, 0.6) is 0 Å². The normalized spacial score (nSPS) is 16.4. The maximum Gasteiger partial charge on any atom is 0.256 e. The molecule has 8 nitrogen and oxygen atoms in total. The molecule has 1 aromatic carbocycles. The number of anilines is 1. The molecule has 4 heterocycles. The molecule has 0 unspecified atom stereocenters. The molecule has 8 heteroatoms. The number of hydrogen-bond donors (Lipinski definition) is 2. The van der Waals surface area contributed by atoms with Gasteiger partial charge in [0.05, 0.1) is 24.9 Å². The van der Waals surface area contributed by atoms with Gasteiger partial charge in [-0.25, -0.2) is 4.98 Å². The largest absolute Gasteiger partial charge is 0.383 e. The van der Waals surface area contributed by atoms with Gasteiger partial charge in [-0.2, -0.15) is 5.10 Å². The molecule has 1 aliphatic heterocycles. The van der Waals surface area contributed by atoms with Gasteiger partial charge in [0.25, 0.3) is 5.91 Å². The van der Waals surface area contributed by atoms with Crippen molar-refractivity contribution in [3.8, 4) is 11.1 Å². The summed E-state index contributed by atoms with van der Waals surface area (Å²) in [5.41, 5.74) is 4.74. The SMILES string of the molecule is COCCn1cc(-c2ccc(C(=O)Nc3cc4[nH]c(CN5CCC[C@@H]5C)cc4cn3)cc2)cn1. The van der Waals surface area contributed by atoms with Crippen LogP contribution in [0.2, 0.25) is 0 Å². The van der Waals surface area contributed by atoms with Crippen molar-refractivity contribution in [3.05, 3.63) is 66.2 Å². The Hall–Kier alpha value is -3.49. The second-order valence-corrected chi connectivity index (χ2v) is 8.93. The quantitative estimate of drug-likeness (QED) is 0.411. The molecule has 0 bridgehead atoms. The Balaban J connectivity index is 1.24. The first kappa shape index (κ1) is 22.3. The number of benzene rings is 1. The number of methoxy groups -OCH3 is 1. The van der Waals surface area contributed by atoms with Crippen LogP contribution < -0.4 is 5.32 Å². The summed E-state index contributed by atoms with van der Waals surface area (Å²) in [4.78, 5) is 23.2. The molecule has 0 aliphatic carbocycles. The number of nitrogens with zero attached hydrogens (tertiary/aromatic N) is 4. The van der Waals surface area contributed by atoms with Crippen LogP contribution in [0, 0.1) is 0 Å². The van der Waals surface area contributed by atoms with E-state index >= 15 is 0 Å². The lowest BCUT2D eigenvalue weighted by atomic mass is 10.1. The van der Waals surface area contributed by atoms with Gasteiger partial charge < -0.3 is 15.0 Å². The topological polar surface area (TPSA) is 88.1 Å². The van der Waals surface area contributed by atoms with Crippen LogP contribution >= 0.6 is 0 Å². The molecule has 0 spiro atoms. The summed E-state index contributed by atoms with van der Waals surface area (Å²) >= 11 is 0. The van der Waals surface area contributed by atoms with Gasteiger partial charge in [-0.1, -0.05) is 12.1 Å². The van der Waals surface area contributed by atoms with E-state index in [9.17, 15) is 4.79 Å². The number of fused-ring (bicyclic) bond motifs is 1. The Morgan fingerprint density at radius 3 is 2.82 bits per heavy atom. The van der Waals surface area contributed by atoms with Crippen LogP contribution in [-0.2, 0) is 17.8 Å². The van der Waals surface area contributed by atoms with E-state index in [1.165, 1.54) is 18.5 Å². The molecule has 1 amide bonds. The van der Waals surface area contributed by atoms with Crippen LogP contribution in [0.3, 0.4) is 0 Å². The minimum absolute atomic E-state index is 0.188. The first-order valence-corrected chi connectivity index (χ1v) is 11.7. The van der Waals surface area contributed by atoms with Gasteiger partial charge in [-0.15, -0.1) is 0 Å². The Morgan fingerprint density at radius 2 is 2.06 bits per heavy atom. The number of carbonyl (C=O) groups excluding carboxylic acids is 1. The summed E-state index contributed by atoms with van der Waals surface area (Å²) in [6.07, 6.45) is 8.12. The Morgan fingerprint density at radius 1 is 1.21 bits per heavy atom. The molecule has 0 saturated carbocycles. The molecule has 1 aliphatic rings. The number of hydrogen-bond acceptors (Lipinski definition) is 5. The highest BCUT2D eigenvalue weighted by Crippen LogP contribution is 2.23. The Bertz CT molecular complexity index is 1280. The monoisotopic (exact) mass is 458 g/mol. The molecule has 1 atom stereocenters. The summed E-state index contributed by atoms with van der Waals surface area (Å²) in [5, 5.41) is 8.31. The van der Waals surface area contributed by atoms with Gasteiger partial charge in [0, 0.05) is 60.4 Å². The van der Waals surface area contributed by atoms with Crippen molar-refractivity contribution in [1.29, 1.82) is 0 Å². The van der Waals surface area contributed by atoms with E-state index in [0.29, 0.717) is 30.6 Å². The Kier molecular flexibility index (Phi) is 6.42. The lowest BCUT2D eigenvalue weighted by molar-refractivity contribution is 0.102. The molecular formula is C26H30N6O2. The number of amides is 1. The minimum atomic E-state index is -0.188. The van der Waals surface area contributed by atoms with Gasteiger partial charge >= 0.3 is 0 Å². The van der Waals surface area contributed by atoms with Crippen LogP contribution in [0.15, 0.2) is 55.0 Å². The van der Waals surface area contributed by atoms with Crippen LogP contribution in [-0.4, -0.2) is 56.9 Å². The lowest BCUT2D eigenvalue weighted by Crippen LogP contribution is -2.26. The molecule has 1 fully saturated rings. The van der Waals surface area contributed by atoms with Crippen molar-refractivity contribution in [2.75, 3.05) is 25.6 Å². The lowest BCUT2D eigenvalue weighted by Gasteiger charge is -2.19. The molecule has 3 aromatic heterocycles. The fourth-order valence-electron chi connectivity index (χ4n) is 4.51. The van der Waals surface area contributed by atoms with E-state index in [1.54, 1.807) is 7.11 Å². The number of aromatic amines is 1. The average molecular weight is 459 g/mol. The van der Waals surface area contributed by atoms with Crippen molar-refractivity contribution in [1.82, 2.24) is 24.6 Å². The maximum absolute atomic E-state index is 12.8. The summed E-state index contributed by atoms with van der Waals surface area (Å²) in [7, 11) is 1.67. The molecule has 34 heavy (non-hydrogen) atoms. The molecular weight excluding hydrogens is 428 g/mol. The number of likely N-dealkylation sites (tertiary alicyclic amines) is 1. The Labute approximate surface area is 198 Å². The van der Waals surface area contributed by atoms with Crippen molar-refractivity contribution in [2.24, 2.45) is 0 Å². The number of aromatic nitrogens is 4. The van der Waals surface area contributed by atoms with Gasteiger partial charge in [0.15, 0.2) is 0 Å². The van der Waals surface area contributed by atoms with Gasteiger partial charge in [-0.05, 0) is 50.1 Å². The maximum atomic E-state index is 12.8. The molecule has 2 N–H and O–H groups in total. The first-order valence-electron chi connectivity index (χ1n) is 11.7. The smallest absolute Gasteiger partial charge is 0.256 e. The highest BCUT2D eigenvalue weighted by molar-refractivity contribution is 6.04. The van der Waals surface area contributed by atoms with E-state index < -0.39 is 0 Å². The third-order valence-electron chi connectivity index (χ3n) is 6.50. The third-order valence-corrected chi connectivity index (χ3v) is 6.50. The minimum Gasteiger partial charge on any atom is -0.383 e. The van der Waals surface area contributed by atoms with Crippen molar-refractivity contribution < 1.29 is 9.53 Å². The zero-order valence-corrected chi connectivity index (χ0v) is 19.6. The zero-order valence-electron chi connectivity index (χ0n) is 19.6. The highest BCUT2D eigenvalue weighted by Gasteiger charge is 2.20. The molecule has 5 rings (SSSR count). The number of carbonyl (C=O) groups is 1. The van der Waals surface area contributed by atoms with Crippen LogP contribution in [0.25, 0.3) is 22.0 Å². The zero-order chi connectivity index (χ0) is 23.5. The second-order valence-electron chi connectivity index (χ2n) is 8.93. The van der Waals surface area contributed by atoms with Gasteiger partial charge in [0.1, 0.15) is 5.82 Å². The summed E-state index contributed by atoms with van der Waals surface area (Å²) in [6.45, 7) is 5.66. The van der Waals surface area contributed by atoms with Crippen molar-refractivity contribution in [3.63, 3.8) is 0 Å². The van der Waals surface area contributed by atoms with E-state index in [2.05, 4.69) is 38.3 Å². The number of ether oxygens (including phenoxy) is 1. The number of pyridine rings is 1. The van der Waals surface area contributed by atoms with Crippen molar-refractivity contribution in [2.45, 2.75) is 38.9 Å².